The van der Waals surface area contributed by atoms with Crippen molar-refractivity contribution in [3.8, 4) is 22.9 Å². The zero-order valence-electron chi connectivity index (χ0n) is 29.5. The third-order valence-electron chi connectivity index (χ3n) is 9.20. The summed E-state index contributed by atoms with van der Waals surface area (Å²) in [5.74, 6) is 1.97. The molecule has 0 radical (unpaired) electrons. The molecule has 12 heteroatoms. The molecule has 0 spiro atoms. The number of hydrogen-bond acceptors (Lipinski definition) is 9. The maximum absolute atomic E-state index is 13.9. The number of anilines is 1. The zero-order valence-corrected chi connectivity index (χ0v) is 29.5. The van der Waals surface area contributed by atoms with Crippen molar-refractivity contribution < 1.29 is 19.1 Å². The van der Waals surface area contributed by atoms with Crippen molar-refractivity contribution in [1.82, 2.24) is 29.7 Å². The van der Waals surface area contributed by atoms with Crippen LogP contribution in [0.4, 0.5) is 10.6 Å². The number of carbonyl (C=O) groups excluding carboxylic acids is 2. The average Bonchev–Trinajstić information content (AvgIpc) is 3.47. The van der Waals surface area contributed by atoms with Crippen molar-refractivity contribution in [2.75, 3.05) is 57.3 Å². The molecule has 5 heterocycles. The van der Waals surface area contributed by atoms with Gasteiger partial charge >= 0.3 is 6.09 Å². The van der Waals surface area contributed by atoms with Crippen LogP contribution in [-0.4, -0.2) is 100 Å². The van der Waals surface area contributed by atoms with Crippen molar-refractivity contribution in [3.63, 3.8) is 0 Å². The smallest absolute Gasteiger partial charge is 0.410 e. The third-order valence-corrected chi connectivity index (χ3v) is 9.20. The van der Waals surface area contributed by atoms with Gasteiger partial charge in [0.2, 0.25) is 5.91 Å². The standard InChI is InChI=1S/C36H50N8O4/c1-8-47-29-17-30(32-28(18-37)21-40-44(32)23-29)27-9-10-31(38-20-27)41-13-11-36(12-14-41,33(45)39-19-25(2)3)24-43-16-15-42(22-26(43)4)34(46)48-35(5,6)7/h9-10,17,20-21,23,25-26H,8,11-16,19,22,24H2,1-7H3,(H,39,45)/t26-/m0/s1. The molecule has 3 aromatic heterocycles. The monoisotopic (exact) mass is 658 g/mol. The van der Waals surface area contributed by atoms with Gasteiger partial charge in [-0.2, -0.15) is 10.4 Å². The van der Waals surface area contributed by atoms with E-state index in [9.17, 15) is 14.9 Å². The summed E-state index contributed by atoms with van der Waals surface area (Å²) in [6, 6.07) is 8.29. The first kappa shape index (κ1) is 35.0. The summed E-state index contributed by atoms with van der Waals surface area (Å²) in [4.78, 5) is 37.9. The number of carbonyl (C=O) groups is 2. The summed E-state index contributed by atoms with van der Waals surface area (Å²) >= 11 is 0. The Hall–Kier alpha value is -4.37. The highest BCUT2D eigenvalue weighted by Crippen LogP contribution is 2.37. The molecule has 0 unspecified atom stereocenters. The molecule has 2 aliphatic heterocycles. The molecule has 0 aliphatic carbocycles. The Balaban J connectivity index is 1.31. The Kier molecular flexibility index (Phi) is 10.5. The minimum atomic E-state index is -0.547. The van der Waals surface area contributed by atoms with Crippen molar-refractivity contribution >= 4 is 23.3 Å². The fourth-order valence-corrected chi connectivity index (χ4v) is 6.59. The van der Waals surface area contributed by atoms with E-state index in [4.69, 9.17) is 14.5 Å². The average molecular weight is 659 g/mol. The molecule has 1 atom stereocenters. The summed E-state index contributed by atoms with van der Waals surface area (Å²) in [5.41, 5.74) is 1.80. The van der Waals surface area contributed by atoms with Gasteiger partial charge in [0.05, 0.1) is 35.5 Å². The SMILES string of the molecule is CCOc1cc(-c2ccc(N3CCC(CN4CCN(C(=O)OC(C)(C)C)C[C@@H]4C)(C(=O)NCC(C)C)CC3)nc2)c2c(C#N)cnn2c1. The Morgan fingerprint density at radius 2 is 1.90 bits per heavy atom. The summed E-state index contributed by atoms with van der Waals surface area (Å²) in [6.07, 6.45) is 6.28. The van der Waals surface area contributed by atoms with E-state index < -0.39 is 11.0 Å². The van der Waals surface area contributed by atoms with Crippen molar-refractivity contribution in [1.29, 1.82) is 5.26 Å². The molecule has 3 aromatic rings. The first-order valence-corrected chi connectivity index (χ1v) is 17.1. The lowest BCUT2D eigenvalue weighted by atomic mass is 9.76. The Morgan fingerprint density at radius 3 is 2.50 bits per heavy atom. The fraction of sp³-hybridized carbons (Fsp3) is 0.583. The number of pyridine rings is 2. The van der Waals surface area contributed by atoms with Gasteiger partial charge in [0.15, 0.2) is 0 Å². The molecule has 2 saturated heterocycles. The van der Waals surface area contributed by atoms with Crippen LogP contribution in [0.1, 0.15) is 66.9 Å². The maximum Gasteiger partial charge on any atom is 0.410 e. The van der Waals surface area contributed by atoms with Crippen LogP contribution in [0.3, 0.4) is 0 Å². The number of nitrogens with zero attached hydrogens (tertiary/aromatic N) is 7. The molecule has 12 nitrogen and oxygen atoms in total. The van der Waals surface area contributed by atoms with Gasteiger partial charge in [0.25, 0.3) is 0 Å². The molecule has 2 amide bonds. The number of ether oxygens (including phenoxy) is 2. The second-order valence-electron chi connectivity index (χ2n) is 14.5. The van der Waals surface area contributed by atoms with Crippen LogP contribution in [0.2, 0.25) is 0 Å². The second kappa shape index (κ2) is 14.4. The van der Waals surface area contributed by atoms with E-state index in [1.54, 1.807) is 21.8 Å². The number of nitriles is 1. The largest absolute Gasteiger partial charge is 0.492 e. The molecular weight excluding hydrogens is 608 g/mol. The fourth-order valence-electron chi connectivity index (χ4n) is 6.59. The number of rotatable bonds is 9. The molecule has 48 heavy (non-hydrogen) atoms. The van der Waals surface area contributed by atoms with Gasteiger partial charge in [-0.1, -0.05) is 13.8 Å². The van der Waals surface area contributed by atoms with Crippen LogP contribution in [0.15, 0.2) is 36.8 Å². The Bertz CT molecular complexity index is 1630. The zero-order chi connectivity index (χ0) is 34.6. The van der Waals surface area contributed by atoms with Crippen molar-refractivity contribution in [2.24, 2.45) is 11.3 Å². The number of piperazine rings is 1. The van der Waals surface area contributed by atoms with E-state index in [0.717, 1.165) is 16.9 Å². The first-order chi connectivity index (χ1) is 22.8. The van der Waals surface area contributed by atoms with Crippen LogP contribution in [-0.2, 0) is 9.53 Å². The molecule has 1 N–H and O–H groups in total. The summed E-state index contributed by atoms with van der Waals surface area (Å²) in [6.45, 7) is 18.9. The highest BCUT2D eigenvalue weighted by molar-refractivity contribution is 5.85. The molecule has 2 aliphatic rings. The van der Waals surface area contributed by atoms with Gasteiger partial charge in [-0.15, -0.1) is 0 Å². The maximum atomic E-state index is 13.9. The van der Waals surface area contributed by atoms with E-state index in [-0.39, 0.29) is 18.0 Å². The van der Waals surface area contributed by atoms with Crippen LogP contribution in [0.5, 0.6) is 5.75 Å². The van der Waals surface area contributed by atoms with Gasteiger partial charge in [0.1, 0.15) is 23.2 Å². The molecular formula is C36H50N8O4. The van der Waals surface area contributed by atoms with E-state index in [2.05, 4.69) is 47.1 Å². The molecule has 258 valence electrons. The molecule has 0 saturated carbocycles. The number of amides is 2. The first-order valence-electron chi connectivity index (χ1n) is 17.1. The third kappa shape index (κ3) is 7.84. The second-order valence-corrected chi connectivity index (χ2v) is 14.5. The van der Waals surface area contributed by atoms with Gasteiger partial charge in [-0.05, 0) is 71.6 Å². The lowest BCUT2D eigenvalue weighted by Crippen LogP contribution is -2.60. The van der Waals surface area contributed by atoms with Crippen LogP contribution in [0, 0.1) is 22.7 Å². The summed E-state index contributed by atoms with van der Waals surface area (Å²) < 4.78 is 13.1. The van der Waals surface area contributed by atoms with Crippen molar-refractivity contribution in [2.45, 2.75) is 73.0 Å². The lowest BCUT2D eigenvalue weighted by Gasteiger charge is -2.47. The number of aromatic nitrogens is 3. The molecule has 0 aromatic carbocycles. The number of nitrogens with one attached hydrogen (secondary N) is 1. The normalized spacial score (nSPS) is 18.5. The topological polar surface area (TPSA) is 128 Å². The molecule has 2 fully saturated rings. The number of fused-ring (bicyclic) bond motifs is 1. The van der Waals surface area contributed by atoms with Crippen LogP contribution >= 0.6 is 0 Å². The van der Waals surface area contributed by atoms with Gasteiger partial charge in [0, 0.05) is 69.2 Å². The van der Waals surface area contributed by atoms with Crippen LogP contribution < -0.4 is 15.0 Å². The highest BCUT2D eigenvalue weighted by Gasteiger charge is 2.44. The van der Waals surface area contributed by atoms with E-state index in [1.165, 1.54) is 0 Å². The lowest BCUT2D eigenvalue weighted by molar-refractivity contribution is -0.134. The van der Waals surface area contributed by atoms with E-state index >= 15 is 0 Å². The quantitative estimate of drug-likeness (QED) is 0.339. The molecule has 5 rings (SSSR count). The predicted molar refractivity (Wildman–Crippen MR) is 185 cm³/mol. The number of piperidine rings is 1. The Morgan fingerprint density at radius 1 is 1.15 bits per heavy atom. The van der Waals surface area contributed by atoms with Gasteiger partial charge in [-0.25, -0.2) is 14.3 Å². The predicted octanol–water partition coefficient (Wildman–Crippen LogP) is 4.97. The van der Waals surface area contributed by atoms with Gasteiger partial charge < -0.3 is 24.6 Å². The van der Waals surface area contributed by atoms with Gasteiger partial charge in [-0.3, -0.25) is 9.69 Å². The summed E-state index contributed by atoms with van der Waals surface area (Å²) in [7, 11) is 0. The van der Waals surface area contributed by atoms with Crippen LogP contribution in [0.25, 0.3) is 16.6 Å². The molecule has 0 bridgehead atoms. The minimum absolute atomic E-state index is 0.0957. The highest BCUT2D eigenvalue weighted by atomic mass is 16.6. The van der Waals surface area contributed by atoms with E-state index in [1.807, 2.05) is 52.1 Å². The minimum Gasteiger partial charge on any atom is -0.492 e. The summed E-state index contributed by atoms with van der Waals surface area (Å²) in [5, 5.41) is 17.3. The number of hydrogen-bond donors (Lipinski definition) is 1. The van der Waals surface area contributed by atoms with E-state index in [0.29, 0.717) is 88.0 Å². The van der Waals surface area contributed by atoms with Crippen molar-refractivity contribution in [3.05, 3.63) is 42.4 Å². The Labute approximate surface area is 284 Å².